The summed E-state index contributed by atoms with van der Waals surface area (Å²) in [5, 5.41) is 10.2. The highest BCUT2D eigenvalue weighted by Gasteiger charge is 2.59. The molecule has 4 aliphatic rings. The van der Waals surface area contributed by atoms with Gasteiger partial charge in [0.1, 0.15) is 0 Å². The van der Waals surface area contributed by atoms with E-state index in [1.165, 1.54) is 51.4 Å². The highest BCUT2D eigenvalue weighted by molar-refractivity contribution is 5.25. The Morgan fingerprint density at radius 2 is 1.72 bits per heavy atom. The Labute approximate surface area is 181 Å². The van der Waals surface area contributed by atoms with Crippen LogP contribution in [0.4, 0.5) is 0 Å². The molecule has 1 N–H and O–H groups in total. The monoisotopic (exact) mass is 400 g/mol. The van der Waals surface area contributed by atoms with Gasteiger partial charge in [-0.3, -0.25) is 0 Å². The summed E-state index contributed by atoms with van der Waals surface area (Å²) in [6, 6.07) is 0. The molecule has 3 fully saturated rings. The first kappa shape index (κ1) is 21.9. The molecule has 9 atom stereocenters. The Hall–Kier alpha value is -0.300. The largest absolute Gasteiger partial charge is 0.393 e. The SMILES string of the molecule is CC(C)[C@@H](C)CC[C@@H](C)[C@H]1CCC2C3CC=C4CC(O)CCC4(C)C3CCC21C. The van der Waals surface area contributed by atoms with Gasteiger partial charge in [-0.25, -0.2) is 0 Å². The molecule has 4 aliphatic carbocycles. The lowest BCUT2D eigenvalue weighted by Crippen LogP contribution is -2.50. The van der Waals surface area contributed by atoms with Gasteiger partial charge in [-0.1, -0.05) is 66.0 Å². The highest BCUT2D eigenvalue weighted by atomic mass is 16.3. The zero-order valence-corrected chi connectivity index (χ0v) is 20.2. The molecule has 1 heteroatoms. The summed E-state index contributed by atoms with van der Waals surface area (Å²) in [7, 11) is 0. The van der Waals surface area contributed by atoms with Gasteiger partial charge in [0.15, 0.2) is 0 Å². The number of allylic oxidation sites excluding steroid dienone is 1. The van der Waals surface area contributed by atoms with Crippen LogP contribution >= 0.6 is 0 Å². The van der Waals surface area contributed by atoms with Crippen molar-refractivity contribution in [2.75, 3.05) is 0 Å². The van der Waals surface area contributed by atoms with Crippen LogP contribution in [0.3, 0.4) is 0 Å². The molecular formula is C28H48O. The molecule has 0 radical (unpaired) electrons. The summed E-state index contributed by atoms with van der Waals surface area (Å²) in [6.45, 7) is 15.1. The second-order valence-electron chi connectivity index (χ2n) is 12.7. The fourth-order valence-electron chi connectivity index (χ4n) is 8.68. The van der Waals surface area contributed by atoms with E-state index in [-0.39, 0.29) is 6.10 Å². The van der Waals surface area contributed by atoms with E-state index >= 15 is 0 Å². The number of rotatable bonds is 5. The van der Waals surface area contributed by atoms with Crippen LogP contribution in [-0.4, -0.2) is 11.2 Å². The zero-order valence-electron chi connectivity index (χ0n) is 20.2. The van der Waals surface area contributed by atoms with Gasteiger partial charge in [-0.2, -0.15) is 0 Å². The maximum atomic E-state index is 10.2. The topological polar surface area (TPSA) is 20.2 Å². The predicted molar refractivity (Wildman–Crippen MR) is 124 cm³/mol. The average Bonchev–Trinajstić information content (AvgIpc) is 3.03. The Kier molecular flexibility index (Phi) is 6.04. The van der Waals surface area contributed by atoms with Crippen LogP contribution in [0.1, 0.15) is 106 Å². The lowest BCUT2D eigenvalue weighted by molar-refractivity contribution is -0.0574. The zero-order chi connectivity index (χ0) is 21.0. The van der Waals surface area contributed by atoms with Crippen molar-refractivity contribution in [3.63, 3.8) is 0 Å². The van der Waals surface area contributed by atoms with Gasteiger partial charge in [-0.15, -0.1) is 0 Å². The number of aliphatic hydroxyl groups is 1. The van der Waals surface area contributed by atoms with Crippen molar-refractivity contribution >= 4 is 0 Å². The lowest BCUT2D eigenvalue weighted by atomic mass is 9.47. The normalized spacial score (nSPS) is 46.5. The molecule has 4 rings (SSSR count). The molecule has 0 aliphatic heterocycles. The van der Waals surface area contributed by atoms with E-state index < -0.39 is 0 Å². The first-order valence-corrected chi connectivity index (χ1v) is 13.0. The quantitative estimate of drug-likeness (QED) is 0.470. The Morgan fingerprint density at radius 1 is 0.966 bits per heavy atom. The fraction of sp³-hybridized carbons (Fsp3) is 0.929. The molecular weight excluding hydrogens is 352 g/mol. The summed E-state index contributed by atoms with van der Waals surface area (Å²) in [6.07, 6.45) is 15.7. The third-order valence-corrected chi connectivity index (χ3v) is 11.1. The van der Waals surface area contributed by atoms with Gasteiger partial charge in [0.05, 0.1) is 6.10 Å². The molecule has 0 heterocycles. The van der Waals surface area contributed by atoms with Crippen molar-refractivity contribution < 1.29 is 5.11 Å². The molecule has 0 aromatic carbocycles. The minimum absolute atomic E-state index is 0.0790. The average molecular weight is 401 g/mol. The molecule has 0 aromatic rings. The third-order valence-electron chi connectivity index (χ3n) is 11.1. The first-order chi connectivity index (χ1) is 13.7. The molecule has 166 valence electrons. The van der Waals surface area contributed by atoms with Crippen molar-refractivity contribution in [2.24, 2.45) is 52.3 Å². The van der Waals surface area contributed by atoms with E-state index in [4.69, 9.17) is 0 Å². The van der Waals surface area contributed by atoms with E-state index in [0.717, 1.165) is 54.3 Å². The maximum absolute atomic E-state index is 10.2. The number of hydrogen-bond acceptors (Lipinski definition) is 1. The van der Waals surface area contributed by atoms with Crippen molar-refractivity contribution in [3.8, 4) is 0 Å². The molecule has 0 amide bonds. The summed E-state index contributed by atoms with van der Waals surface area (Å²) in [5.74, 6) is 6.24. The third kappa shape index (κ3) is 3.66. The predicted octanol–water partition coefficient (Wildman–Crippen LogP) is 7.63. The summed E-state index contributed by atoms with van der Waals surface area (Å²) < 4.78 is 0. The molecule has 3 saturated carbocycles. The minimum Gasteiger partial charge on any atom is -0.393 e. The van der Waals surface area contributed by atoms with Gasteiger partial charge in [0, 0.05) is 0 Å². The molecule has 29 heavy (non-hydrogen) atoms. The molecule has 0 bridgehead atoms. The van der Waals surface area contributed by atoms with Crippen LogP contribution in [0.25, 0.3) is 0 Å². The Bertz CT molecular complexity index is 620. The van der Waals surface area contributed by atoms with E-state index in [1.54, 1.807) is 5.57 Å². The smallest absolute Gasteiger partial charge is 0.0577 e. The Balaban J connectivity index is 1.49. The minimum atomic E-state index is -0.0790. The summed E-state index contributed by atoms with van der Waals surface area (Å²) in [4.78, 5) is 0. The Morgan fingerprint density at radius 3 is 2.45 bits per heavy atom. The molecule has 0 spiro atoms. The van der Waals surface area contributed by atoms with Crippen molar-refractivity contribution in [2.45, 2.75) is 112 Å². The standard InChI is InChI=1S/C28H48O/c1-18(2)19(3)7-8-20(4)24-11-12-25-23-10-9-21-17-22(29)13-15-27(21,5)26(23)14-16-28(24,25)6/h9,18-20,22-26,29H,7-8,10-17H2,1-6H3/t19-,20+,22?,23?,24+,25?,26?,27?,28?/m0/s1. The molecule has 0 aromatic heterocycles. The van der Waals surface area contributed by atoms with Gasteiger partial charge in [0.2, 0.25) is 0 Å². The lowest BCUT2D eigenvalue weighted by Gasteiger charge is -2.58. The van der Waals surface area contributed by atoms with Crippen LogP contribution in [0, 0.1) is 52.3 Å². The first-order valence-electron chi connectivity index (χ1n) is 13.0. The molecule has 0 saturated heterocycles. The summed E-state index contributed by atoms with van der Waals surface area (Å²) >= 11 is 0. The number of fused-ring (bicyclic) bond motifs is 5. The molecule has 6 unspecified atom stereocenters. The maximum Gasteiger partial charge on any atom is 0.0577 e. The van der Waals surface area contributed by atoms with Crippen LogP contribution in [-0.2, 0) is 0 Å². The van der Waals surface area contributed by atoms with Crippen LogP contribution < -0.4 is 0 Å². The van der Waals surface area contributed by atoms with Crippen molar-refractivity contribution in [1.29, 1.82) is 0 Å². The van der Waals surface area contributed by atoms with E-state index in [1.807, 2.05) is 0 Å². The second kappa shape index (κ2) is 7.99. The van der Waals surface area contributed by atoms with Crippen LogP contribution in [0.15, 0.2) is 11.6 Å². The van der Waals surface area contributed by atoms with E-state index in [0.29, 0.717) is 10.8 Å². The fourth-order valence-corrected chi connectivity index (χ4v) is 8.68. The van der Waals surface area contributed by atoms with Crippen molar-refractivity contribution in [1.82, 2.24) is 0 Å². The van der Waals surface area contributed by atoms with Crippen LogP contribution in [0.2, 0.25) is 0 Å². The second-order valence-corrected chi connectivity index (χ2v) is 12.7. The van der Waals surface area contributed by atoms with Crippen LogP contribution in [0.5, 0.6) is 0 Å². The van der Waals surface area contributed by atoms with Crippen molar-refractivity contribution in [3.05, 3.63) is 11.6 Å². The van der Waals surface area contributed by atoms with Gasteiger partial charge < -0.3 is 5.11 Å². The van der Waals surface area contributed by atoms with E-state index in [9.17, 15) is 5.11 Å². The number of hydrogen-bond donors (Lipinski definition) is 1. The van der Waals surface area contributed by atoms with E-state index in [2.05, 4.69) is 47.6 Å². The van der Waals surface area contributed by atoms with Gasteiger partial charge >= 0.3 is 0 Å². The van der Waals surface area contributed by atoms with Gasteiger partial charge in [0.25, 0.3) is 0 Å². The molecule has 1 nitrogen and oxygen atoms in total. The number of aliphatic hydroxyl groups excluding tert-OH is 1. The highest BCUT2D eigenvalue weighted by Crippen LogP contribution is 2.67. The van der Waals surface area contributed by atoms with Gasteiger partial charge in [-0.05, 0) is 104 Å². The summed E-state index contributed by atoms with van der Waals surface area (Å²) in [5.41, 5.74) is 2.59.